The molecular weight excluding hydrogens is 322 g/mol. The third kappa shape index (κ3) is 6.15. The second-order valence-electron chi connectivity index (χ2n) is 5.18. The summed E-state index contributed by atoms with van der Waals surface area (Å²) in [7, 11) is 3.13. The number of ether oxygens (including phenoxy) is 1. The van der Waals surface area contributed by atoms with E-state index < -0.39 is 24.1 Å². The lowest BCUT2D eigenvalue weighted by atomic mass is 10.0. The Balaban J connectivity index is 2.77. The van der Waals surface area contributed by atoms with E-state index in [1.54, 1.807) is 38.4 Å². The predicted molar refractivity (Wildman–Crippen MR) is 85.8 cm³/mol. The Kier molecular flexibility index (Phi) is 6.84. The monoisotopic (exact) mass is 341 g/mol. The molecule has 0 heterocycles. The minimum Gasteiger partial charge on any atom is -0.452 e. The number of esters is 1. The Morgan fingerprint density at radius 3 is 2.30 bits per heavy atom. The maximum atomic E-state index is 12.0. The number of carbonyl (C=O) groups is 3. The van der Waals surface area contributed by atoms with Gasteiger partial charge in [0.15, 0.2) is 6.10 Å². The number of nitrogens with zero attached hydrogens (tertiary/aromatic N) is 1. The van der Waals surface area contributed by atoms with Gasteiger partial charge in [-0.3, -0.25) is 9.59 Å². The van der Waals surface area contributed by atoms with Crippen LogP contribution in [0, 0.1) is 0 Å². The van der Waals surface area contributed by atoms with Crippen LogP contribution in [0.2, 0.25) is 5.02 Å². The van der Waals surface area contributed by atoms with Gasteiger partial charge < -0.3 is 20.7 Å². The summed E-state index contributed by atoms with van der Waals surface area (Å²) in [6.07, 6.45) is -1.06. The van der Waals surface area contributed by atoms with Crippen LogP contribution < -0.4 is 11.1 Å². The molecule has 0 saturated heterocycles. The lowest BCUT2D eigenvalue weighted by molar-refractivity contribution is -0.158. The van der Waals surface area contributed by atoms with E-state index in [1.165, 1.54) is 11.8 Å². The molecule has 23 heavy (non-hydrogen) atoms. The summed E-state index contributed by atoms with van der Waals surface area (Å²) in [6.45, 7) is 1.49. The van der Waals surface area contributed by atoms with Gasteiger partial charge in [0.25, 0.3) is 5.91 Å². The lowest BCUT2D eigenvalue weighted by Gasteiger charge is -2.20. The smallest absolute Gasteiger partial charge is 0.312 e. The van der Waals surface area contributed by atoms with E-state index in [0.29, 0.717) is 10.6 Å². The summed E-state index contributed by atoms with van der Waals surface area (Å²) in [5.41, 5.74) is 5.79. The molecule has 0 aliphatic rings. The summed E-state index contributed by atoms with van der Waals surface area (Å²) >= 11 is 5.82. The lowest BCUT2D eigenvalue weighted by Crippen LogP contribution is -2.37. The molecule has 8 heteroatoms. The van der Waals surface area contributed by atoms with Crippen LogP contribution in [-0.2, 0) is 14.3 Å². The minimum absolute atomic E-state index is 0.157. The second-order valence-corrected chi connectivity index (χ2v) is 5.62. The van der Waals surface area contributed by atoms with Crippen molar-refractivity contribution in [3.05, 3.63) is 34.9 Å². The van der Waals surface area contributed by atoms with Crippen molar-refractivity contribution >= 4 is 29.5 Å². The van der Waals surface area contributed by atoms with Crippen LogP contribution in [-0.4, -0.2) is 43.0 Å². The van der Waals surface area contributed by atoms with Crippen molar-refractivity contribution in [2.45, 2.75) is 25.5 Å². The first kappa shape index (κ1) is 18.8. The van der Waals surface area contributed by atoms with Gasteiger partial charge >= 0.3 is 12.0 Å². The molecule has 0 fully saturated rings. The van der Waals surface area contributed by atoms with E-state index in [0.717, 1.165) is 0 Å². The van der Waals surface area contributed by atoms with Gasteiger partial charge in [-0.15, -0.1) is 0 Å². The first-order chi connectivity index (χ1) is 10.7. The van der Waals surface area contributed by atoms with Gasteiger partial charge in [-0.05, 0) is 24.6 Å². The summed E-state index contributed by atoms with van der Waals surface area (Å²) in [6, 6.07) is 5.18. The van der Waals surface area contributed by atoms with Crippen LogP contribution in [0.3, 0.4) is 0 Å². The molecule has 0 spiro atoms. The topological polar surface area (TPSA) is 102 Å². The highest BCUT2D eigenvalue weighted by atomic mass is 35.5. The van der Waals surface area contributed by atoms with Crippen LogP contribution in [0.4, 0.5) is 4.79 Å². The Labute approximate surface area is 139 Å². The molecule has 3 N–H and O–H groups in total. The maximum Gasteiger partial charge on any atom is 0.312 e. The number of hydrogen-bond acceptors (Lipinski definition) is 4. The maximum absolute atomic E-state index is 12.0. The molecule has 0 unspecified atom stereocenters. The Hall–Kier alpha value is -2.28. The largest absolute Gasteiger partial charge is 0.452 e. The number of nitrogens with one attached hydrogen (secondary N) is 1. The van der Waals surface area contributed by atoms with Crippen molar-refractivity contribution in [1.82, 2.24) is 10.2 Å². The molecule has 3 amide bonds. The fourth-order valence-electron chi connectivity index (χ4n) is 1.94. The van der Waals surface area contributed by atoms with Crippen molar-refractivity contribution in [2.24, 2.45) is 5.73 Å². The summed E-state index contributed by atoms with van der Waals surface area (Å²) in [4.78, 5) is 36.1. The van der Waals surface area contributed by atoms with Gasteiger partial charge in [-0.25, -0.2) is 4.79 Å². The first-order valence-electron chi connectivity index (χ1n) is 6.92. The number of nitrogens with two attached hydrogens (primary N) is 1. The van der Waals surface area contributed by atoms with E-state index in [1.807, 2.05) is 0 Å². The van der Waals surface area contributed by atoms with Crippen molar-refractivity contribution in [2.75, 3.05) is 14.1 Å². The van der Waals surface area contributed by atoms with Gasteiger partial charge in [0.2, 0.25) is 0 Å². The van der Waals surface area contributed by atoms with Gasteiger partial charge in [0.05, 0.1) is 12.5 Å². The molecular formula is C15H20ClN3O4. The standard InChI is InChI=1S/C15H20ClN3O4/c1-9(14(21)19(2)3)23-13(20)8-12(18-15(17)22)10-4-6-11(16)7-5-10/h4-7,9,12H,8H2,1-3H3,(H3,17,18,22)/t9-,12+/m0/s1. The zero-order valence-electron chi connectivity index (χ0n) is 13.2. The molecule has 2 atom stereocenters. The fraction of sp³-hybridized carbons (Fsp3) is 0.400. The Morgan fingerprint density at radius 2 is 1.83 bits per heavy atom. The number of halogens is 1. The van der Waals surface area contributed by atoms with Crippen LogP contribution in [0.15, 0.2) is 24.3 Å². The average molecular weight is 342 g/mol. The number of likely N-dealkylation sites (N-methyl/N-ethyl adjacent to an activating group) is 1. The van der Waals surface area contributed by atoms with Crippen LogP contribution in [0.25, 0.3) is 0 Å². The molecule has 0 aliphatic heterocycles. The van der Waals surface area contributed by atoms with E-state index in [-0.39, 0.29) is 12.3 Å². The van der Waals surface area contributed by atoms with Crippen LogP contribution >= 0.6 is 11.6 Å². The molecule has 0 radical (unpaired) electrons. The number of carbonyl (C=O) groups excluding carboxylic acids is 3. The van der Waals surface area contributed by atoms with Crippen molar-refractivity contribution in [3.8, 4) is 0 Å². The molecule has 0 aliphatic carbocycles. The number of benzene rings is 1. The molecule has 7 nitrogen and oxygen atoms in total. The highest BCUT2D eigenvalue weighted by molar-refractivity contribution is 6.30. The summed E-state index contributed by atoms with van der Waals surface area (Å²) < 4.78 is 5.08. The summed E-state index contributed by atoms with van der Waals surface area (Å²) in [5.74, 6) is -0.953. The molecule has 1 rings (SSSR count). The van der Waals surface area contributed by atoms with E-state index in [9.17, 15) is 14.4 Å². The Morgan fingerprint density at radius 1 is 1.26 bits per heavy atom. The van der Waals surface area contributed by atoms with Gasteiger partial charge in [-0.2, -0.15) is 0 Å². The molecule has 0 saturated carbocycles. The van der Waals surface area contributed by atoms with E-state index >= 15 is 0 Å². The van der Waals surface area contributed by atoms with E-state index in [2.05, 4.69) is 5.32 Å². The molecule has 126 valence electrons. The SMILES string of the molecule is C[C@H](OC(=O)C[C@@H](NC(N)=O)c1ccc(Cl)cc1)C(=O)N(C)C. The number of rotatable bonds is 6. The first-order valence-corrected chi connectivity index (χ1v) is 7.30. The molecule has 1 aromatic carbocycles. The van der Waals surface area contributed by atoms with Crippen molar-refractivity contribution < 1.29 is 19.1 Å². The van der Waals surface area contributed by atoms with Gasteiger partial charge in [0, 0.05) is 19.1 Å². The predicted octanol–water partition coefficient (Wildman–Crippen LogP) is 1.46. The third-order valence-electron chi connectivity index (χ3n) is 3.06. The average Bonchev–Trinajstić information content (AvgIpc) is 2.45. The molecule has 0 bridgehead atoms. The van der Waals surface area contributed by atoms with Crippen molar-refractivity contribution in [3.63, 3.8) is 0 Å². The highest BCUT2D eigenvalue weighted by Crippen LogP contribution is 2.20. The number of amides is 3. The van der Waals surface area contributed by atoms with Crippen LogP contribution in [0.5, 0.6) is 0 Å². The molecule has 1 aromatic rings. The number of urea groups is 1. The normalized spacial score (nSPS) is 12.9. The fourth-order valence-corrected chi connectivity index (χ4v) is 2.07. The quantitative estimate of drug-likeness (QED) is 0.765. The zero-order valence-corrected chi connectivity index (χ0v) is 14.0. The van der Waals surface area contributed by atoms with Gasteiger partial charge in [-0.1, -0.05) is 23.7 Å². The van der Waals surface area contributed by atoms with Crippen LogP contribution in [0.1, 0.15) is 24.9 Å². The molecule has 0 aromatic heterocycles. The second kappa shape index (κ2) is 8.38. The number of primary amides is 1. The minimum atomic E-state index is -0.906. The number of hydrogen-bond donors (Lipinski definition) is 2. The van der Waals surface area contributed by atoms with Crippen molar-refractivity contribution in [1.29, 1.82) is 0 Å². The highest BCUT2D eigenvalue weighted by Gasteiger charge is 2.23. The third-order valence-corrected chi connectivity index (χ3v) is 3.31. The van der Waals surface area contributed by atoms with Gasteiger partial charge in [0.1, 0.15) is 0 Å². The summed E-state index contributed by atoms with van der Waals surface area (Å²) in [5, 5.41) is 3.00. The Bertz CT molecular complexity index is 575. The zero-order chi connectivity index (χ0) is 17.6. The van der Waals surface area contributed by atoms with E-state index in [4.69, 9.17) is 22.1 Å².